The number of halogens is 1. The number of aromatic nitrogens is 2. The zero-order valence-electron chi connectivity index (χ0n) is 8.94. The third kappa shape index (κ3) is 2.31. The summed E-state index contributed by atoms with van der Waals surface area (Å²) in [7, 11) is 0. The predicted octanol–water partition coefficient (Wildman–Crippen LogP) is 3.33. The normalized spacial score (nSPS) is 12.8. The van der Waals surface area contributed by atoms with Gasteiger partial charge in [0.05, 0.1) is 16.7 Å². The molecule has 0 spiro atoms. The van der Waals surface area contributed by atoms with Crippen molar-refractivity contribution >= 4 is 27.3 Å². The molecule has 0 fully saturated rings. The van der Waals surface area contributed by atoms with Crippen LogP contribution in [0.1, 0.15) is 23.6 Å². The fraction of sp³-hybridized carbons (Fsp3) is 0.273. The predicted molar refractivity (Wildman–Crippen MR) is 68.4 cm³/mol. The second-order valence-electron chi connectivity index (χ2n) is 3.54. The van der Waals surface area contributed by atoms with E-state index in [-0.39, 0.29) is 0 Å². The highest BCUT2D eigenvalue weighted by atomic mass is 79.9. The molecule has 0 aliphatic carbocycles. The van der Waals surface area contributed by atoms with Crippen molar-refractivity contribution in [3.63, 3.8) is 0 Å². The fourth-order valence-electron chi connectivity index (χ4n) is 1.45. The lowest BCUT2D eigenvalue weighted by atomic mass is 10.3. The van der Waals surface area contributed by atoms with Crippen molar-refractivity contribution in [2.75, 3.05) is 0 Å². The molecule has 0 aliphatic heterocycles. The molecule has 16 heavy (non-hydrogen) atoms. The largest absolute Gasteiger partial charge is 0.388 e. The Labute approximate surface area is 106 Å². The van der Waals surface area contributed by atoms with Gasteiger partial charge in [0, 0.05) is 22.4 Å². The molecule has 3 nitrogen and oxygen atoms in total. The number of aliphatic hydroxyl groups excluding tert-OH is 1. The van der Waals surface area contributed by atoms with Crippen molar-refractivity contribution < 1.29 is 5.11 Å². The molecule has 5 heteroatoms. The molecule has 0 saturated carbocycles. The first-order valence-corrected chi connectivity index (χ1v) is 6.45. The first-order valence-electron chi connectivity index (χ1n) is 4.84. The minimum absolute atomic E-state index is 0.466. The van der Waals surface area contributed by atoms with Gasteiger partial charge in [-0.25, -0.2) is 4.98 Å². The number of hydrogen-bond donors (Lipinski definition) is 1. The summed E-state index contributed by atoms with van der Waals surface area (Å²) in [6, 6.07) is 1.97. The Kier molecular flexibility index (Phi) is 3.37. The molecule has 0 bridgehead atoms. The third-order valence-electron chi connectivity index (χ3n) is 2.16. The molecular weight excluding hydrogens is 288 g/mol. The Bertz CT molecular complexity index is 510. The minimum Gasteiger partial charge on any atom is -0.388 e. The molecule has 1 N–H and O–H groups in total. The molecule has 2 aromatic heterocycles. The molecule has 0 radical (unpaired) electrons. The Balaban J connectivity index is 2.45. The SMILES string of the molecule is Cc1nc(-c2cncc(Br)c2)sc1C(C)O. The summed E-state index contributed by atoms with van der Waals surface area (Å²) >= 11 is 4.89. The van der Waals surface area contributed by atoms with Crippen molar-refractivity contribution in [1.29, 1.82) is 0 Å². The van der Waals surface area contributed by atoms with E-state index in [1.54, 1.807) is 19.3 Å². The fourth-order valence-corrected chi connectivity index (χ4v) is 2.80. The van der Waals surface area contributed by atoms with E-state index in [1.807, 2.05) is 13.0 Å². The maximum Gasteiger partial charge on any atom is 0.125 e. The zero-order valence-corrected chi connectivity index (χ0v) is 11.3. The van der Waals surface area contributed by atoms with E-state index in [1.165, 1.54) is 11.3 Å². The Morgan fingerprint density at radius 3 is 2.75 bits per heavy atom. The summed E-state index contributed by atoms with van der Waals surface area (Å²) in [5, 5.41) is 10.5. The molecule has 0 amide bonds. The second kappa shape index (κ2) is 4.61. The minimum atomic E-state index is -0.466. The topological polar surface area (TPSA) is 46.0 Å². The molecular formula is C11H11BrN2OS. The highest BCUT2D eigenvalue weighted by molar-refractivity contribution is 9.10. The van der Waals surface area contributed by atoms with Crippen molar-refractivity contribution in [3.8, 4) is 10.6 Å². The average Bonchev–Trinajstić information content (AvgIpc) is 2.60. The van der Waals surface area contributed by atoms with Gasteiger partial charge in [0.1, 0.15) is 5.01 Å². The molecule has 1 unspecified atom stereocenters. The van der Waals surface area contributed by atoms with Crippen molar-refractivity contribution in [2.24, 2.45) is 0 Å². The summed E-state index contributed by atoms with van der Waals surface area (Å²) in [4.78, 5) is 9.45. The number of nitrogens with zero attached hydrogens (tertiary/aromatic N) is 2. The van der Waals surface area contributed by atoms with Crippen molar-refractivity contribution in [2.45, 2.75) is 20.0 Å². The van der Waals surface area contributed by atoms with Gasteiger partial charge in [-0.15, -0.1) is 11.3 Å². The van der Waals surface area contributed by atoms with Gasteiger partial charge < -0.3 is 5.11 Å². The van der Waals surface area contributed by atoms with Crippen LogP contribution in [-0.2, 0) is 0 Å². The van der Waals surface area contributed by atoms with Gasteiger partial charge in [-0.2, -0.15) is 0 Å². The maximum absolute atomic E-state index is 9.56. The zero-order chi connectivity index (χ0) is 11.7. The number of aliphatic hydroxyl groups is 1. The maximum atomic E-state index is 9.56. The molecule has 2 rings (SSSR count). The lowest BCUT2D eigenvalue weighted by molar-refractivity contribution is 0.202. The summed E-state index contributed by atoms with van der Waals surface area (Å²) in [5.41, 5.74) is 1.85. The Morgan fingerprint density at radius 1 is 1.44 bits per heavy atom. The highest BCUT2D eigenvalue weighted by Crippen LogP contribution is 2.32. The van der Waals surface area contributed by atoms with Crippen LogP contribution in [-0.4, -0.2) is 15.1 Å². The summed E-state index contributed by atoms with van der Waals surface area (Å²) in [6.07, 6.45) is 3.04. The molecule has 0 aromatic carbocycles. The number of thiazole rings is 1. The number of pyridine rings is 1. The van der Waals surface area contributed by atoms with E-state index in [9.17, 15) is 5.11 Å². The van der Waals surface area contributed by atoms with E-state index in [0.29, 0.717) is 0 Å². The number of aryl methyl sites for hydroxylation is 1. The lowest BCUT2D eigenvalue weighted by Crippen LogP contribution is -1.88. The van der Waals surface area contributed by atoms with Crippen LogP contribution in [0.2, 0.25) is 0 Å². The third-order valence-corrected chi connectivity index (χ3v) is 3.97. The average molecular weight is 299 g/mol. The van der Waals surface area contributed by atoms with Gasteiger partial charge in [0.15, 0.2) is 0 Å². The monoisotopic (exact) mass is 298 g/mol. The van der Waals surface area contributed by atoms with Gasteiger partial charge >= 0.3 is 0 Å². The van der Waals surface area contributed by atoms with Crippen LogP contribution in [0.3, 0.4) is 0 Å². The van der Waals surface area contributed by atoms with E-state index >= 15 is 0 Å². The van der Waals surface area contributed by atoms with E-state index in [2.05, 4.69) is 25.9 Å². The molecule has 2 heterocycles. The van der Waals surface area contributed by atoms with E-state index in [0.717, 1.165) is 25.6 Å². The van der Waals surface area contributed by atoms with E-state index < -0.39 is 6.10 Å². The molecule has 0 saturated heterocycles. The van der Waals surface area contributed by atoms with Crippen LogP contribution < -0.4 is 0 Å². The van der Waals surface area contributed by atoms with Crippen molar-refractivity contribution in [1.82, 2.24) is 9.97 Å². The van der Waals surface area contributed by atoms with Gasteiger partial charge in [-0.1, -0.05) is 0 Å². The first-order chi connectivity index (χ1) is 7.58. The van der Waals surface area contributed by atoms with E-state index in [4.69, 9.17) is 0 Å². The van der Waals surface area contributed by atoms with Crippen molar-refractivity contribution in [3.05, 3.63) is 33.5 Å². The molecule has 2 aromatic rings. The van der Waals surface area contributed by atoms with Gasteiger partial charge in [-0.05, 0) is 35.8 Å². The van der Waals surface area contributed by atoms with Crippen LogP contribution >= 0.6 is 27.3 Å². The summed E-state index contributed by atoms with van der Waals surface area (Å²) in [6.45, 7) is 3.66. The van der Waals surface area contributed by atoms with Crippen LogP contribution in [0.4, 0.5) is 0 Å². The molecule has 0 aliphatic rings. The number of hydrogen-bond acceptors (Lipinski definition) is 4. The van der Waals surface area contributed by atoms with Gasteiger partial charge in [0.2, 0.25) is 0 Å². The smallest absolute Gasteiger partial charge is 0.125 e. The second-order valence-corrected chi connectivity index (χ2v) is 5.48. The Morgan fingerprint density at radius 2 is 2.19 bits per heavy atom. The molecule has 84 valence electrons. The first kappa shape index (κ1) is 11.7. The summed E-state index contributed by atoms with van der Waals surface area (Å²) in [5.74, 6) is 0. The van der Waals surface area contributed by atoms with Gasteiger partial charge in [-0.3, -0.25) is 4.98 Å². The van der Waals surface area contributed by atoms with Gasteiger partial charge in [0.25, 0.3) is 0 Å². The lowest BCUT2D eigenvalue weighted by Gasteiger charge is -1.98. The Hall–Kier alpha value is -0.780. The van der Waals surface area contributed by atoms with Crippen LogP contribution in [0.5, 0.6) is 0 Å². The van der Waals surface area contributed by atoms with Crippen LogP contribution in [0.15, 0.2) is 22.9 Å². The van der Waals surface area contributed by atoms with Crippen LogP contribution in [0, 0.1) is 6.92 Å². The summed E-state index contributed by atoms with van der Waals surface area (Å²) < 4.78 is 0.927. The quantitative estimate of drug-likeness (QED) is 0.925. The highest BCUT2D eigenvalue weighted by Gasteiger charge is 2.13. The number of rotatable bonds is 2. The van der Waals surface area contributed by atoms with Crippen LogP contribution in [0.25, 0.3) is 10.6 Å². The molecule has 1 atom stereocenters. The standard InChI is InChI=1S/C11H11BrN2OS/c1-6-10(7(2)15)16-11(14-6)8-3-9(12)5-13-4-8/h3-5,7,15H,1-2H3.